The maximum atomic E-state index is 9.81. The van der Waals surface area contributed by atoms with E-state index in [0.29, 0.717) is 6.61 Å². The fourth-order valence-electron chi connectivity index (χ4n) is 2.43. The molecule has 2 N–H and O–H groups in total. The third kappa shape index (κ3) is 17.6. The van der Waals surface area contributed by atoms with Crippen LogP contribution in [0.5, 0.6) is 0 Å². The summed E-state index contributed by atoms with van der Waals surface area (Å²) in [6.45, 7) is 2.67. The van der Waals surface area contributed by atoms with Crippen LogP contribution in [0.3, 0.4) is 0 Å². The van der Waals surface area contributed by atoms with Crippen LogP contribution in [-0.4, -0.2) is 23.1 Å². The van der Waals surface area contributed by atoms with E-state index in [1.807, 2.05) is 0 Å². The lowest BCUT2D eigenvalue weighted by molar-refractivity contribution is -0.242. The minimum atomic E-state index is -0.146. The van der Waals surface area contributed by atoms with E-state index in [1.54, 1.807) is 0 Å². The Morgan fingerprint density at radius 2 is 1.52 bits per heavy atom. The molecule has 0 aromatic rings. The van der Waals surface area contributed by atoms with Crippen molar-refractivity contribution in [1.29, 1.82) is 0 Å². The molecule has 0 saturated heterocycles. The molecule has 0 amide bonds. The first-order valence-corrected chi connectivity index (χ1v) is 8.90. The van der Waals surface area contributed by atoms with Crippen molar-refractivity contribution in [1.82, 2.24) is 0 Å². The van der Waals surface area contributed by atoms with Gasteiger partial charge in [-0.25, -0.2) is 4.89 Å². The highest BCUT2D eigenvalue weighted by Gasteiger charge is 2.00. The maximum Gasteiger partial charge on any atom is 0.0819 e. The molecular weight excluding hydrogens is 264 g/mol. The highest BCUT2D eigenvalue weighted by Crippen LogP contribution is 2.10. The van der Waals surface area contributed by atoms with Crippen molar-refractivity contribution >= 4 is 0 Å². The normalized spacial score (nSPS) is 13.1. The van der Waals surface area contributed by atoms with Gasteiger partial charge in [0.15, 0.2) is 0 Å². The molecule has 0 rings (SSSR count). The Balaban J connectivity index is 3.20. The summed E-state index contributed by atoms with van der Waals surface area (Å²) in [5.41, 5.74) is 0. The highest BCUT2D eigenvalue weighted by atomic mass is 17.1. The predicted molar refractivity (Wildman–Crippen MR) is 89.4 cm³/mol. The Bertz CT molecular complexity index is 217. The Morgan fingerprint density at radius 1 is 0.857 bits per heavy atom. The summed E-state index contributed by atoms with van der Waals surface area (Å²) in [6, 6.07) is 0. The summed E-state index contributed by atoms with van der Waals surface area (Å²) in [5, 5.41) is 18.0. The van der Waals surface area contributed by atoms with Crippen molar-refractivity contribution < 1.29 is 15.3 Å². The monoisotopic (exact) mass is 300 g/mol. The first-order chi connectivity index (χ1) is 10.3. The van der Waals surface area contributed by atoms with E-state index in [2.05, 4.69) is 24.0 Å². The number of aliphatic hydroxyl groups is 1. The molecule has 0 bridgehead atoms. The lowest BCUT2D eigenvalue weighted by Gasteiger charge is -2.07. The third-order valence-electron chi connectivity index (χ3n) is 3.82. The smallest absolute Gasteiger partial charge is 0.0819 e. The van der Waals surface area contributed by atoms with Gasteiger partial charge in [0.25, 0.3) is 0 Å². The fraction of sp³-hybridized carbons (Fsp3) is 0.889. The van der Waals surface area contributed by atoms with Gasteiger partial charge in [-0.2, -0.15) is 0 Å². The van der Waals surface area contributed by atoms with Gasteiger partial charge in [-0.05, 0) is 32.1 Å². The van der Waals surface area contributed by atoms with Crippen LogP contribution in [0, 0.1) is 0 Å². The van der Waals surface area contributed by atoms with Gasteiger partial charge in [0.2, 0.25) is 0 Å². The van der Waals surface area contributed by atoms with Crippen molar-refractivity contribution in [2.45, 2.75) is 96.5 Å². The third-order valence-corrected chi connectivity index (χ3v) is 3.82. The molecule has 0 heterocycles. The molecule has 1 atom stereocenters. The highest BCUT2D eigenvalue weighted by molar-refractivity contribution is 4.83. The van der Waals surface area contributed by atoms with Crippen LogP contribution in [0.1, 0.15) is 90.4 Å². The van der Waals surface area contributed by atoms with Gasteiger partial charge >= 0.3 is 0 Å². The van der Waals surface area contributed by atoms with E-state index in [1.165, 1.54) is 44.9 Å². The molecule has 0 fully saturated rings. The van der Waals surface area contributed by atoms with E-state index < -0.39 is 0 Å². The van der Waals surface area contributed by atoms with Crippen LogP contribution < -0.4 is 0 Å². The number of unbranched alkanes of at least 4 members (excludes halogenated alkanes) is 9. The van der Waals surface area contributed by atoms with Crippen molar-refractivity contribution in [2.24, 2.45) is 0 Å². The predicted octanol–water partition coefficient (Wildman–Crippen LogP) is 5.48. The summed E-state index contributed by atoms with van der Waals surface area (Å²) in [6.07, 6.45) is 19.1. The molecule has 0 saturated carbocycles. The van der Waals surface area contributed by atoms with Gasteiger partial charge in [-0.1, -0.05) is 70.4 Å². The van der Waals surface area contributed by atoms with Crippen LogP contribution in [0.4, 0.5) is 0 Å². The molecule has 0 spiro atoms. The first-order valence-electron chi connectivity index (χ1n) is 8.90. The van der Waals surface area contributed by atoms with E-state index >= 15 is 0 Å². The molecular formula is C18H36O3. The van der Waals surface area contributed by atoms with Gasteiger partial charge in [0.1, 0.15) is 0 Å². The number of aliphatic hydroxyl groups excluding tert-OH is 1. The minimum Gasteiger partial charge on any atom is -0.393 e. The summed E-state index contributed by atoms with van der Waals surface area (Å²) in [5.74, 6) is 0. The number of allylic oxidation sites excluding steroid dienone is 1. The topological polar surface area (TPSA) is 49.7 Å². The van der Waals surface area contributed by atoms with Gasteiger partial charge in [0.05, 0.1) is 12.7 Å². The quantitative estimate of drug-likeness (QED) is 0.172. The lowest BCUT2D eigenvalue weighted by Crippen LogP contribution is -2.04. The maximum absolute atomic E-state index is 9.81. The summed E-state index contributed by atoms with van der Waals surface area (Å²) in [4.78, 5) is 4.04. The van der Waals surface area contributed by atoms with Gasteiger partial charge in [-0.3, -0.25) is 5.26 Å². The molecule has 126 valence electrons. The van der Waals surface area contributed by atoms with Crippen LogP contribution in [-0.2, 0) is 4.89 Å². The molecule has 3 nitrogen and oxygen atoms in total. The molecule has 0 radical (unpaired) electrons. The molecule has 0 aliphatic rings. The first kappa shape index (κ1) is 20.6. The van der Waals surface area contributed by atoms with Gasteiger partial charge in [0, 0.05) is 0 Å². The summed E-state index contributed by atoms with van der Waals surface area (Å²) < 4.78 is 0. The van der Waals surface area contributed by atoms with E-state index in [-0.39, 0.29) is 6.10 Å². The second-order valence-corrected chi connectivity index (χ2v) is 5.95. The zero-order valence-corrected chi connectivity index (χ0v) is 13.9. The standard InChI is InChI=1S/C18H36O3/c1-2-3-4-12-15-18(19)16-13-10-8-6-5-7-9-11-14-17-21-20/h10,13,18-20H,2-9,11-12,14-17H2,1H3/b13-10-. The van der Waals surface area contributed by atoms with E-state index in [0.717, 1.165) is 38.5 Å². The lowest BCUT2D eigenvalue weighted by atomic mass is 10.1. The Labute approximate surface area is 131 Å². The number of hydrogen-bond donors (Lipinski definition) is 2. The summed E-state index contributed by atoms with van der Waals surface area (Å²) >= 11 is 0. The van der Waals surface area contributed by atoms with Gasteiger partial charge < -0.3 is 5.11 Å². The van der Waals surface area contributed by atoms with E-state index in [9.17, 15) is 5.11 Å². The molecule has 0 aliphatic carbocycles. The number of hydrogen-bond acceptors (Lipinski definition) is 3. The second kappa shape index (κ2) is 17.7. The molecule has 3 heteroatoms. The van der Waals surface area contributed by atoms with Gasteiger partial charge in [-0.15, -0.1) is 0 Å². The van der Waals surface area contributed by atoms with Crippen LogP contribution in [0.2, 0.25) is 0 Å². The van der Waals surface area contributed by atoms with Crippen molar-refractivity contribution in [3.05, 3.63) is 12.2 Å². The Kier molecular flexibility index (Phi) is 17.4. The zero-order chi connectivity index (χ0) is 15.6. The number of rotatable bonds is 16. The fourth-order valence-corrected chi connectivity index (χ4v) is 2.43. The van der Waals surface area contributed by atoms with Crippen LogP contribution in [0.15, 0.2) is 12.2 Å². The van der Waals surface area contributed by atoms with E-state index in [4.69, 9.17) is 5.26 Å². The zero-order valence-electron chi connectivity index (χ0n) is 13.9. The van der Waals surface area contributed by atoms with Crippen molar-refractivity contribution in [2.75, 3.05) is 6.61 Å². The second-order valence-electron chi connectivity index (χ2n) is 5.95. The van der Waals surface area contributed by atoms with Crippen molar-refractivity contribution in [3.8, 4) is 0 Å². The summed E-state index contributed by atoms with van der Waals surface area (Å²) in [7, 11) is 0. The average Bonchev–Trinajstić information content (AvgIpc) is 2.49. The molecule has 0 aliphatic heterocycles. The minimum absolute atomic E-state index is 0.146. The molecule has 0 aromatic carbocycles. The Hall–Kier alpha value is -0.380. The Morgan fingerprint density at radius 3 is 2.24 bits per heavy atom. The van der Waals surface area contributed by atoms with Crippen LogP contribution in [0.25, 0.3) is 0 Å². The SMILES string of the molecule is CCCCCCC(O)C/C=C\CCCCCCCCOO. The van der Waals surface area contributed by atoms with Crippen LogP contribution >= 0.6 is 0 Å². The molecule has 21 heavy (non-hydrogen) atoms. The molecule has 0 aromatic heterocycles. The average molecular weight is 300 g/mol. The largest absolute Gasteiger partial charge is 0.393 e. The molecule has 1 unspecified atom stereocenters. The van der Waals surface area contributed by atoms with Crippen molar-refractivity contribution in [3.63, 3.8) is 0 Å².